The largest absolute Gasteiger partial charge is 0.458 e. The summed E-state index contributed by atoms with van der Waals surface area (Å²) in [5, 5.41) is 10.8. The molecular weight excluding hydrogens is 254 g/mol. The van der Waals surface area contributed by atoms with Gasteiger partial charge < -0.3 is 5.11 Å². The van der Waals surface area contributed by atoms with E-state index in [9.17, 15) is 5.11 Å². The van der Waals surface area contributed by atoms with Crippen LogP contribution in [0.4, 0.5) is 0 Å². The van der Waals surface area contributed by atoms with Crippen LogP contribution in [0.1, 0.15) is 0 Å². The average molecular weight is 263 g/mol. The summed E-state index contributed by atoms with van der Waals surface area (Å²) >= 11 is 7.66. The Morgan fingerprint density at radius 1 is 1.06 bits per heavy atom. The fourth-order valence-corrected chi connectivity index (χ4v) is 3.13. The number of rotatable bonds is 1. The van der Waals surface area contributed by atoms with Gasteiger partial charge in [0.05, 0.1) is 0 Å². The minimum absolute atomic E-state index is 0.235. The van der Waals surface area contributed by atoms with Crippen molar-refractivity contribution in [3.63, 3.8) is 0 Å². The van der Waals surface area contributed by atoms with Gasteiger partial charge in [0.1, 0.15) is 0 Å². The third-order valence-corrected chi connectivity index (χ3v) is 4.06. The highest BCUT2D eigenvalue weighted by atomic mass is 35.5. The minimum atomic E-state index is 0.235. The zero-order chi connectivity index (χ0) is 11.8. The van der Waals surface area contributed by atoms with Gasteiger partial charge in [0, 0.05) is 22.7 Å². The van der Waals surface area contributed by atoms with E-state index in [0.29, 0.717) is 5.02 Å². The Hall–Kier alpha value is -1.58. The average Bonchev–Trinajstić information content (AvgIpc) is 2.68. The first-order valence-electron chi connectivity index (χ1n) is 5.14. The second-order valence-electron chi connectivity index (χ2n) is 3.64. The molecule has 4 heteroatoms. The first-order valence-corrected chi connectivity index (χ1v) is 6.34. The van der Waals surface area contributed by atoms with Crippen LogP contribution in [-0.2, 0) is 0 Å². The first-order chi connectivity index (χ1) is 8.27. The number of benzene rings is 1. The zero-order valence-electron chi connectivity index (χ0n) is 8.80. The number of nitrogens with zero attached hydrogens (tertiary/aromatic N) is 1. The first kappa shape index (κ1) is 10.6. The third kappa shape index (κ3) is 1.68. The number of aromatic nitrogens is 1. The van der Waals surface area contributed by atoms with Crippen LogP contribution >= 0.6 is 22.9 Å². The van der Waals surface area contributed by atoms with E-state index in [1.165, 1.54) is 11.3 Å². The lowest BCUT2D eigenvalue weighted by atomic mass is 10.2. The number of thiazole rings is 1. The third-order valence-electron chi connectivity index (χ3n) is 2.58. The van der Waals surface area contributed by atoms with Gasteiger partial charge >= 0.3 is 5.88 Å². The van der Waals surface area contributed by atoms with Gasteiger partial charge in [-0.05, 0) is 12.1 Å². The van der Waals surface area contributed by atoms with Crippen molar-refractivity contribution in [2.24, 2.45) is 0 Å². The Morgan fingerprint density at radius 3 is 2.59 bits per heavy atom. The predicted molar refractivity (Wildman–Crippen MR) is 69.6 cm³/mol. The maximum Gasteiger partial charge on any atom is 0.390 e. The molecule has 0 aliphatic rings. The predicted octanol–water partition coefficient (Wildman–Crippen LogP) is 3.51. The highest BCUT2D eigenvalue weighted by Crippen LogP contribution is 2.37. The van der Waals surface area contributed by atoms with E-state index >= 15 is 0 Å². The minimum Gasteiger partial charge on any atom is -0.458 e. The highest BCUT2D eigenvalue weighted by Gasteiger charge is 2.22. The lowest BCUT2D eigenvalue weighted by Gasteiger charge is -1.97. The van der Waals surface area contributed by atoms with Crippen LogP contribution in [0.2, 0.25) is 5.02 Å². The number of pyridine rings is 1. The van der Waals surface area contributed by atoms with Crippen LogP contribution in [0.3, 0.4) is 0 Å². The van der Waals surface area contributed by atoms with Crippen molar-refractivity contribution in [1.29, 1.82) is 0 Å². The molecular formula is C13H9ClNOS+. The topological polar surface area (TPSA) is 24.3 Å². The van der Waals surface area contributed by atoms with Crippen molar-refractivity contribution >= 4 is 27.8 Å². The molecule has 2 nitrogen and oxygen atoms in total. The summed E-state index contributed by atoms with van der Waals surface area (Å²) in [5.41, 5.74) is 0.861. The van der Waals surface area contributed by atoms with Gasteiger partial charge in [-0.15, -0.1) is 4.40 Å². The SMILES string of the molecule is Oc1c(-c2ccccc2Cl)sc2cccc[n+]12. The van der Waals surface area contributed by atoms with Crippen molar-refractivity contribution in [3.05, 3.63) is 53.7 Å². The molecule has 0 unspecified atom stereocenters. The molecule has 0 amide bonds. The molecule has 0 aliphatic carbocycles. The Bertz CT molecular complexity index is 693. The van der Waals surface area contributed by atoms with Gasteiger partial charge in [0.15, 0.2) is 11.1 Å². The molecule has 84 valence electrons. The number of aromatic hydroxyl groups is 1. The molecule has 2 heterocycles. The van der Waals surface area contributed by atoms with Crippen LogP contribution < -0.4 is 4.40 Å². The molecule has 3 aromatic rings. The van der Waals surface area contributed by atoms with Gasteiger partial charge in [0.25, 0.3) is 4.83 Å². The summed E-state index contributed by atoms with van der Waals surface area (Å²) < 4.78 is 1.75. The van der Waals surface area contributed by atoms with Crippen LogP contribution in [0, 0.1) is 0 Å². The van der Waals surface area contributed by atoms with Crippen LogP contribution in [0.5, 0.6) is 5.88 Å². The summed E-state index contributed by atoms with van der Waals surface area (Å²) in [7, 11) is 0. The molecule has 17 heavy (non-hydrogen) atoms. The molecule has 0 atom stereocenters. The van der Waals surface area contributed by atoms with Crippen molar-refractivity contribution in [2.75, 3.05) is 0 Å². The van der Waals surface area contributed by atoms with E-state index < -0.39 is 0 Å². The van der Waals surface area contributed by atoms with Gasteiger partial charge in [-0.1, -0.05) is 41.1 Å². The maximum absolute atomic E-state index is 10.2. The van der Waals surface area contributed by atoms with Gasteiger partial charge in [-0.3, -0.25) is 0 Å². The van der Waals surface area contributed by atoms with Crippen molar-refractivity contribution < 1.29 is 9.51 Å². The molecule has 1 N–H and O–H groups in total. The second-order valence-corrected chi connectivity index (χ2v) is 5.08. The Kier molecular flexibility index (Phi) is 2.50. The fourth-order valence-electron chi connectivity index (χ4n) is 1.77. The summed E-state index contributed by atoms with van der Waals surface area (Å²) in [6, 6.07) is 13.3. The monoisotopic (exact) mass is 262 g/mol. The lowest BCUT2D eigenvalue weighted by Crippen LogP contribution is -2.16. The van der Waals surface area contributed by atoms with Crippen LogP contribution in [-0.4, -0.2) is 5.11 Å². The van der Waals surface area contributed by atoms with Crippen molar-refractivity contribution in [1.82, 2.24) is 0 Å². The maximum atomic E-state index is 10.2. The molecule has 0 radical (unpaired) electrons. The van der Waals surface area contributed by atoms with E-state index in [4.69, 9.17) is 11.6 Å². The van der Waals surface area contributed by atoms with Gasteiger partial charge in [0.2, 0.25) is 0 Å². The Labute approximate surface area is 107 Å². The van der Waals surface area contributed by atoms with E-state index in [2.05, 4.69) is 0 Å². The quantitative estimate of drug-likeness (QED) is 0.667. The second kappa shape index (κ2) is 4.02. The molecule has 0 spiro atoms. The zero-order valence-corrected chi connectivity index (χ0v) is 10.4. The molecule has 0 bridgehead atoms. The normalized spacial score (nSPS) is 10.9. The number of hydrogen-bond donors (Lipinski definition) is 1. The van der Waals surface area contributed by atoms with Gasteiger partial charge in [-0.2, -0.15) is 0 Å². The standard InChI is InChI=1S/C13H8ClNOS/c14-10-6-2-1-5-9(10)12-13(16)15-8-4-3-7-11(15)17-12/h1-8H/p+1. The van der Waals surface area contributed by atoms with Crippen molar-refractivity contribution in [3.8, 4) is 16.3 Å². The van der Waals surface area contributed by atoms with E-state index in [-0.39, 0.29) is 5.88 Å². The molecule has 2 aromatic heterocycles. The van der Waals surface area contributed by atoms with E-state index in [1.807, 2.05) is 48.7 Å². The summed E-state index contributed by atoms with van der Waals surface area (Å²) in [6.45, 7) is 0. The summed E-state index contributed by atoms with van der Waals surface area (Å²) in [4.78, 5) is 1.78. The molecule has 0 saturated carbocycles. The number of fused-ring (bicyclic) bond motifs is 1. The summed E-state index contributed by atoms with van der Waals surface area (Å²) in [6.07, 6.45) is 1.83. The van der Waals surface area contributed by atoms with E-state index in [1.54, 1.807) is 4.40 Å². The molecule has 3 rings (SSSR count). The van der Waals surface area contributed by atoms with E-state index in [0.717, 1.165) is 15.3 Å². The van der Waals surface area contributed by atoms with Crippen LogP contribution in [0.15, 0.2) is 48.7 Å². The Morgan fingerprint density at radius 2 is 1.82 bits per heavy atom. The fraction of sp³-hybridized carbons (Fsp3) is 0. The molecule has 0 fully saturated rings. The highest BCUT2D eigenvalue weighted by molar-refractivity contribution is 7.20. The smallest absolute Gasteiger partial charge is 0.390 e. The molecule has 0 aliphatic heterocycles. The van der Waals surface area contributed by atoms with Gasteiger partial charge in [-0.25, -0.2) is 0 Å². The lowest BCUT2D eigenvalue weighted by molar-refractivity contribution is -0.517. The molecule has 1 aromatic carbocycles. The van der Waals surface area contributed by atoms with Crippen LogP contribution in [0.25, 0.3) is 15.3 Å². The number of halogens is 1. The Balaban J connectivity index is 2.32. The summed E-state index contributed by atoms with van der Waals surface area (Å²) in [5.74, 6) is 0.235. The number of hydrogen-bond acceptors (Lipinski definition) is 2. The van der Waals surface area contributed by atoms with Crippen molar-refractivity contribution in [2.45, 2.75) is 0 Å². The molecule has 0 saturated heterocycles.